The Morgan fingerprint density at radius 3 is 2.38 bits per heavy atom. The number of amides is 2. The number of likely N-dealkylation sites (tertiary alicyclic amines) is 2. The molecule has 2 amide bonds. The molecule has 4 rings (SSSR count). The van der Waals surface area contributed by atoms with Gasteiger partial charge in [0.2, 0.25) is 17.6 Å². The Hall–Kier alpha value is -2.84. The number of imidazole rings is 1. The van der Waals surface area contributed by atoms with Gasteiger partial charge < -0.3 is 14.4 Å². The van der Waals surface area contributed by atoms with Gasteiger partial charge in [-0.1, -0.05) is 18.7 Å². The first-order chi connectivity index (χ1) is 13.8. The highest BCUT2D eigenvalue weighted by molar-refractivity contribution is 5.90. The van der Waals surface area contributed by atoms with E-state index in [0.717, 1.165) is 0 Å². The zero-order valence-electron chi connectivity index (χ0n) is 15.7. The molecule has 0 saturated carbocycles. The average molecular weight is 406 g/mol. The van der Waals surface area contributed by atoms with Gasteiger partial charge in [0, 0.05) is 32.2 Å². The molecule has 3 heterocycles. The zero-order chi connectivity index (χ0) is 20.8. The maximum absolute atomic E-state index is 13.5. The van der Waals surface area contributed by atoms with E-state index in [1.54, 1.807) is 34.1 Å². The van der Waals surface area contributed by atoms with Gasteiger partial charge in [0.1, 0.15) is 0 Å². The second kappa shape index (κ2) is 7.20. The Kier molecular flexibility index (Phi) is 4.84. The number of fused-ring (bicyclic) bond motifs is 1. The van der Waals surface area contributed by atoms with E-state index in [1.165, 1.54) is 10.6 Å². The number of nitrogens with zero attached hydrogens (tertiary/aromatic N) is 4. The van der Waals surface area contributed by atoms with Crippen LogP contribution in [0.5, 0.6) is 0 Å². The molecule has 9 heteroatoms. The van der Waals surface area contributed by atoms with Crippen LogP contribution in [0.15, 0.2) is 36.9 Å². The van der Waals surface area contributed by atoms with Crippen molar-refractivity contribution in [2.24, 2.45) is 5.92 Å². The number of alkyl halides is 3. The SMILES string of the molecule is C=CC(=O)N1CC(C(=O)N2CCC(n3c(C(F)(F)F)nc4ccccc43)CC2)C1. The van der Waals surface area contributed by atoms with Crippen LogP contribution in [0.3, 0.4) is 0 Å². The van der Waals surface area contributed by atoms with Gasteiger partial charge in [-0.2, -0.15) is 13.2 Å². The number of para-hydroxylation sites is 2. The monoisotopic (exact) mass is 406 g/mol. The third-order valence-corrected chi connectivity index (χ3v) is 5.71. The number of piperidine rings is 1. The van der Waals surface area contributed by atoms with Crippen LogP contribution in [-0.2, 0) is 15.8 Å². The maximum atomic E-state index is 13.5. The number of hydrogen-bond donors (Lipinski definition) is 0. The molecule has 2 saturated heterocycles. The summed E-state index contributed by atoms with van der Waals surface area (Å²) in [6.07, 6.45) is -2.46. The molecule has 2 fully saturated rings. The van der Waals surface area contributed by atoms with E-state index in [4.69, 9.17) is 0 Å². The fourth-order valence-corrected chi connectivity index (χ4v) is 4.16. The fourth-order valence-electron chi connectivity index (χ4n) is 4.16. The zero-order valence-corrected chi connectivity index (χ0v) is 15.7. The molecule has 2 aliphatic rings. The molecule has 154 valence electrons. The maximum Gasteiger partial charge on any atom is 0.449 e. The first kappa shape index (κ1) is 19.5. The highest BCUT2D eigenvalue weighted by Crippen LogP contribution is 2.37. The second-order valence-electron chi connectivity index (χ2n) is 7.49. The largest absolute Gasteiger partial charge is 0.449 e. The summed E-state index contributed by atoms with van der Waals surface area (Å²) in [5, 5.41) is 0. The molecule has 0 N–H and O–H groups in total. The Bertz CT molecular complexity index is 954. The van der Waals surface area contributed by atoms with Crippen molar-refractivity contribution >= 4 is 22.8 Å². The van der Waals surface area contributed by atoms with Gasteiger partial charge in [-0.05, 0) is 31.1 Å². The summed E-state index contributed by atoms with van der Waals surface area (Å²) < 4.78 is 41.9. The molecular formula is C20H21F3N4O2. The van der Waals surface area contributed by atoms with Crippen LogP contribution in [0.25, 0.3) is 11.0 Å². The van der Waals surface area contributed by atoms with Gasteiger partial charge in [0.15, 0.2) is 0 Å². The summed E-state index contributed by atoms with van der Waals surface area (Å²) in [7, 11) is 0. The van der Waals surface area contributed by atoms with E-state index in [2.05, 4.69) is 11.6 Å². The summed E-state index contributed by atoms with van der Waals surface area (Å²) in [6.45, 7) is 4.94. The van der Waals surface area contributed by atoms with Crippen molar-refractivity contribution < 1.29 is 22.8 Å². The van der Waals surface area contributed by atoms with Crippen molar-refractivity contribution in [3.8, 4) is 0 Å². The van der Waals surface area contributed by atoms with Gasteiger partial charge in [0.05, 0.1) is 17.0 Å². The van der Waals surface area contributed by atoms with E-state index in [1.807, 2.05) is 0 Å². The van der Waals surface area contributed by atoms with E-state index < -0.39 is 12.0 Å². The minimum atomic E-state index is -4.54. The number of halogens is 3. The van der Waals surface area contributed by atoms with Crippen LogP contribution in [0.2, 0.25) is 0 Å². The van der Waals surface area contributed by atoms with Gasteiger partial charge in [0.25, 0.3) is 0 Å². The molecule has 29 heavy (non-hydrogen) atoms. The molecule has 0 spiro atoms. The van der Waals surface area contributed by atoms with E-state index in [-0.39, 0.29) is 23.8 Å². The Morgan fingerprint density at radius 1 is 1.10 bits per heavy atom. The first-order valence-corrected chi connectivity index (χ1v) is 9.54. The van der Waals surface area contributed by atoms with Crippen LogP contribution in [0.1, 0.15) is 24.7 Å². The number of hydrogen-bond acceptors (Lipinski definition) is 3. The van der Waals surface area contributed by atoms with Crippen molar-refractivity contribution in [2.75, 3.05) is 26.2 Å². The molecular weight excluding hydrogens is 385 g/mol. The average Bonchev–Trinajstić information content (AvgIpc) is 3.06. The molecule has 6 nitrogen and oxygen atoms in total. The summed E-state index contributed by atoms with van der Waals surface area (Å²) >= 11 is 0. The van der Waals surface area contributed by atoms with Gasteiger partial charge >= 0.3 is 6.18 Å². The lowest BCUT2D eigenvalue weighted by molar-refractivity contribution is -0.150. The minimum Gasteiger partial charge on any atom is -0.342 e. The Balaban J connectivity index is 1.46. The summed E-state index contributed by atoms with van der Waals surface area (Å²) in [6, 6.07) is 6.22. The Labute approximate surface area is 165 Å². The predicted octanol–water partition coefficient (Wildman–Crippen LogP) is 2.86. The third-order valence-electron chi connectivity index (χ3n) is 5.71. The Morgan fingerprint density at radius 2 is 1.76 bits per heavy atom. The van der Waals surface area contributed by atoms with Gasteiger partial charge in [-0.15, -0.1) is 0 Å². The lowest BCUT2D eigenvalue weighted by Gasteiger charge is -2.42. The van der Waals surface area contributed by atoms with Crippen molar-refractivity contribution in [1.82, 2.24) is 19.4 Å². The highest BCUT2D eigenvalue weighted by Gasteiger charge is 2.41. The topological polar surface area (TPSA) is 58.4 Å². The molecule has 2 aliphatic heterocycles. The van der Waals surface area contributed by atoms with Crippen molar-refractivity contribution in [2.45, 2.75) is 25.1 Å². The smallest absolute Gasteiger partial charge is 0.342 e. The molecule has 0 radical (unpaired) electrons. The number of carbonyl (C=O) groups is 2. The van der Waals surface area contributed by atoms with E-state index >= 15 is 0 Å². The molecule has 0 unspecified atom stereocenters. The number of carbonyl (C=O) groups excluding carboxylic acids is 2. The van der Waals surface area contributed by atoms with E-state index in [0.29, 0.717) is 50.1 Å². The lowest BCUT2D eigenvalue weighted by atomic mass is 9.96. The summed E-state index contributed by atoms with van der Waals surface area (Å²) in [5.41, 5.74) is 0.780. The molecule has 0 bridgehead atoms. The van der Waals surface area contributed by atoms with E-state index in [9.17, 15) is 22.8 Å². The van der Waals surface area contributed by atoms with Crippen LogP contribution in [-0.4, -0.2) is 57.3 Å². The van der Waals surface area contributed by atoms with Crippen LogP contribution >= 0.6 is 0 Å². The predicted molar refractivity (Wildman–Crippen MR) is 99.9 cm³/mol. The number of aromatic nitrogens is 2. The molecule has 0 atom stereocenters. The van der Waals surface area contributed by atoms with Gasteiger partial charge in [-0.3, -0.25) is 9.59 Å². The third kappa shape index (κ3) is 3.49. The lowest BCUT2D eigenvalue weighted by Crippen LogP contribution is -2.57. The number of rotatable bonds is 3. The highest BCUT2D eigenvalue weighted by atomic mass is 19.4. The van der Waals surface area contributed by atoms with Crippen molar-refractivity contribution in [3.63, 3.8) is 0 Å². The minimum absolute atomic E-state index is 0.0388. The normalized spacial score (nSPS) is 18.7. The van der Waals surface area contributed by atoms with Crippen molar-refractivity contribution in [1.29, 1.82) is 0 Å². The molecule has 1 aromatic carbocycles. The molecule has 0 aliphatic carbocycles. The first-order valence-electron chi connectivity index (χ1n) is 9.54. The van der Waals surface area contributed by atoms with Crippen molar-refractivity contribution in [3.05, 3.63) is 42.7 Å². The molecule has 2 aromatic rings. The van der Waals surface area contributed by atoms with Gasteiger partial charge in [-0.25, -0.2) is 4.98 Å². The van der Waals surface area contributed by atoms with Crippen LogP contribution in [0, 0.1) is 5.92 Å². The fraction of sp³-hybridized carbons (Fsp3) is 0.450. The molecule has 1 aromatic heterocycles. The quantitative estimate of drug-likeness (QED) is 0.737. The second-order valence-corrected chi connectivity index (χ2v) is 7.49. The summed E-state index contributed by atoms with van der Waals surface area (Å²) in [4.78, 5) is 31.2. The number of benzene rings is 1. The summed E-state index contributed by atoms with van der Waals surface area (Å²) in [5.74, 6) is -1.36. The standard InChI is InChI=1S/C20H21F3N4O2/c1-2-17(28)26-11-13(12-26)18(29)25-9-7-14(8-10-25)27-16-6-4-3-5-15(16)24-19(27)20(21,22)23/h2-6,13-14H,1,7-12H2. The van der Waals surface area contributed by atoms with Crippen LogP contribution in [0.4, 0.5) is 13.2 Å². The van der Waals surface area contributed by atoms with Crippen LogP contribution < -0.4 is 0 Å².